The number of amides is 1. The van der Waals surface area contributed by atoms with Crippen molar-refractivity contribution in [2.45, 2.75) is 19.4 Å². The monoisotopic (exact) mass is 324 g/mol. The molecule has 1 aliphatic heterocycles. The Bertz CT molecular complexity index is 804. The number of carbonyl (C=O) groups is 1. The van der Waals surface area contributed by atoms with E-state index in [1.807, 2.05) is 36.1 Å². The molecule has 1 heterocycles. The van der Waals surface area contributed by atoms with Crippen molar-refractivity contribution >= 4 is 5.91 Å². The first kappa shape index (κ1) is 15.3. The van der Waals surface area contributed by atoms with E-state index in [1.165, 1.54) is 18.6 Å². The van der Waals surface area contributed by atoms with Crippen molar-refractivity contribution in [2.24, 2.45) is 17.6 Å². The van der Waals surface area contributed by atoms with Gasteiger partial charge in [-0.1, -0.05) is 29.8 Å². The van der Waals surface area contributed by atoms with Crippen molar-refractivity contribution in [2.75, 3.05) is 13.1 Å². The molecule has 3 unspecified atom stereocenters. The first-order valence-corrected chi connectivity index (χ1v) is 8.46. The molecule has 0 aromatic heterocycles. The highest BCUT2D eigenvalue weighted by molar-refractivity contribution is 6.01. The van der Waals surface area contributed by atoms with E-state index in [1.54, 1.807) is 6.07 Å². The maximum Gasteiger partial charge on any atom is 0.254 e. The molecule has 1 saturated carbocycles. The number of benzene rings is 2. The van der Waals surface area contributed by atoms with E-state index in [2.05, 4.69) is 0 Å². The van der Waals surface area contributed by atoms with Gasteiger partial charge in [0.25, 0.3) is 5.91 Å². The number of likely N-dealkylation sites (tertiary alicyclic amines) is 1. The molecule has 0 radical (unpaired) electrons. The van der Waals surface area contributed by atoms with Crippen LogP contribution in [0.4, 0.5) is 4.39 Å². The highest BCUT2D eigenvalue weighted by Crippen LogP contribution is 2.49. The molecule has 0 bridgehead atoms. The molecule has 3 atom stereocenters. The number of piperidine rings is 1. The van der Waals surface area contributed by atoms with E-state index in [9.17, 15) is 9.18 Å². The van der Waals surface area contributed by atoms with Gasteiger partial charge >= 0.3 is 0 Å². The minimum absolute atomic E-state index is 0.0110. The maximum atomic E-state index is 13.6. The van der Waals surface area contributed by atoms with Gasteiger partial charge in [-0.15, -0.1) is 0 Å². The quantitative estimate of drug-likeness (QED) is 0.942. The van der Waals surface area contributed by atoms with Crippen LogP contribution < -0.4 is 5.73 Å². The van der Waals surface area contributed by atoms with Crippen molar-refractivity contribution in [1.82, 2.24) is 4.90 Å². The molecule has 1 amide bonds. The predicted molar refractivity (Wildman–Crippen MR) is 92.0 cm³/mol. The number of nitrogens with zero attached hydrogens (tertiary/aromatic N) is 1. The summed E-state index contributed by atoms with van der Waals surface area (Å²) in [7, 11) is 0. The molecule has 24 heavy (non-hydrogen) atoms. The summed E-state index contributed by atoms with van der Waals surface area (Å²) in [5.41, 5.74) is 9.10. The normalized spacial score (nSPS) is 24.8. The van der Waals surface area contributed by atoms with Crippen LogP contribution in [-0.2, 0) is 0 Å². The zero-order chi connectivity index (χ0) is 16.8. The van der Waals surface area contributed by atoms with Gasteiger partial charge in [-0.25, -0.2) is 4.39 Å². The number of aryl methyl sites for hydroxylation is 1. The fourth-order valence-corrected chi connectivity index (χ4v) is 4.00. The number of fused-ring (bicyclic) bond motifs is 1. The van der Waals surface area contributed by atoms with E-state index in [4.69, 9.17) is 5.73 Å². The first-order chi connectivity index (χ1) is 11.6. The summed E-state index contributed by atoms with van der Waals surface area (Å²) in [5, 5.41) is 0. The van der Waals surface area contributed by atoms with Crippen LogP contribution in [0.3, 0.4) is 0 Å². The molecule has 2 N–H and O–H groups in total. The van der Waals surface area contributed by atoms with Crippen LogP contribution in [0, 0.1) is 24.6 Å². The zero-order valence-electron chi connectivity index (χ0n) is 13.7. The Morgan fingerprint density at radius 2 is 2.12 bits per heavy atom. The van der Waals surface area contributed by atoms with Crippen LogP contribution in [0.5, 0.6) is 0 Å². The van der Waals surface area contributed by atoms with Gasteiger partial charge in [-0.05, 0) is 54.5 Å². The van der Waals surface area contributed by atoms with Crippen LogP contribution in [0.2, 0.25) is 0 Å². The van der Waals surface area contributed by atoms with Gasteiger partial charge in [0.1, 0.15) is 5.82 Å². The van der Waals surface area contributed by atoms with E-state index >= 15 is 0 Å². The molecule has 0 spiro atoms. The van der Waals surface area contributed by atoms with E-state index in [0.717, 1.165) is 23.2 Å². The van der Waals surface area contributed by atoms with E-state index < -0.39 is 0 Å². The van der Waals surface area contributed by atoms with E-state index in [-0.39, 0.29) is 17.8 Å². The molecule has 2 fully saturated rings. The van der Waals surface area contributed by atoms with Crippen molar-refractivity contribution in [3.63, 3.8) is 0 Å². The largest absolute Gasteiger partial charge is 0.334 e. The van der Waals surface area contributed by atoms with Crippen LogP contribution in [0.25, 0.3) is 11.1 Å². The fourth-order valence-electron chi connectivity index (χ4n) is 4.00. The summed E-state index contributed by atoms with van der Waals surface area (Å²) in [6.07, 6.45) is 1.19. The highest BCUT2D eigenvalue weighted by Gasteiger charge is 2.53. The lowest BCUT2D eigenvalue weighted by Crippen LogP contribution is -2.43. The third-order valence-corrected chi connectivity index (χ3v) is 5.35. The molecule has 1 saturated heterocycles. The van der Waals surface area contributed by atoms with Crippen molar-refractivity contribution in [3.05, 3.63) is 59.4 Å². The Kier molecular flexibility index (Phi) is 3.65. The maximum absolute atomic E-state index is 13.6. The molecule has 2 aliphatic rings. The molecular weight excluding hydrogens is 303 g/mol. The number of nitrogens with two attached hydrogens (primary N) is 1. The third kappa shape index (κ3) is 2.51. The topological polar surface area (TPSA) is 46.3 Å². The van der Waals surface area contributed by atoms with Gasteiger partial charge in [-0.3, -0.25) is 4.79 Å². The third-order valence-electron chi connectivity index (χ3n) is 5.35. The van der Waals surface area contributed by atoms with Crippen LogP contribution >= 0.6 is 0 Å². The second-order valence-electron chi connectivity index (χ2n) is 6.98. The Labute approximate surface area is 141 Å². The number of carbonyl (C=O) groups excluding carboxylic acids is 1. The molecule has 3 nitrogen and oxygen atoms in total. The average molecular weight is 324 g/mol. The highest BCUT2D eigenvalue weighted by atomic mass is 19.1. The Balaban J connectivity index is 1.74. The van der Waals surface area contributed by atoms with Crippen molar-refractivity contribution < 1.29 is 9.18 Å². The Hall–Kier alpha value is -2.20. The summed E-state index contributed by atoms with van der Waals surface area (Å²) in [4.78, 5) is 15.1. The number of halogens is 1. The van der Waals surface area contributed by atoms with Crippen molar-refractivity contribution in [1.29, 1.82) is 0 Å². The summed E-state index contributed by atoms with van der Waals surface area (Å²) in [5.74, 6) is 0.902. The molecular formula is C20H21FN2O. The SMILES string of the molecule is Cc1ccc(C(=O)N2CC3CC3C2CN)c(-c2cccc(F)c2)c1. The lowest BCUT2D eigenvalue weighted by molar-refractivity contribution is 0.0713. The lowest BCUT2D eigenvalue weighted by Gasteiger charge is -2.27. The van der Waals surface area contributed by atoms with Crippen LogP contribution in [-0.4, -0.2) is 29.9 Å². The average Bonchev–Trinajstić information content (AvgIpc) is 3.25. The zero-order valence-corrected chi connectivity index (χ0v) is 13.7. The molecule has 4 rings (SSSR count). The van der Waals surface area contributed by atoms with Gasteiger partial charge in [0.05, 0.1) is 0 Å². The molecule has 4 heteroatoms. The van der Waals surface area contributed by atoms with Crippen LogP contribution in [0.15, 0.2) is 42.5 Å². The van der Waals surface area contributed by atoms with Gasteiger partial charge in [0.15, 0.2) is 0 Å². The Morgan fingerprint density at radius 3 is 2.88 bits per heavy atom. The predicted octanol–water partition coefficient (Wildman–Crippen LogP) is 3.22. The fraction of sp³-hybridized carbons (Fsp3) is 0.350. The first-order valence-electron chi connectivity index (χ1n) is 8.46. The van der Waals surface area contributed by atoms with Gasteiger partial charge in [0.2, 0.25) is 0 Å². The molecule has 2 aromatic carbocycles. The molecule has 1 aliphatic carbocycles. The smallest absolute Gasteiger partial charge is 0.254 e. The number of hydrogen-bond donors (Lipinski definition) is 1. The summed E-state index contributed by atoms with van der Waals surface area (Å²) in [6.45, 7) is 3.28. The summed E-state index contributed by atoms with van der Waals surface area (Å²) in [6, 6.07) is 12.3. The number of rotatable bonds is 3. The van der Waals surface area contributed by atoms with Crippen molar-refractivity contribution in [3.8, 4) is 11.1 Å². The summed E-state index contributed by atoms with van der Waals surface area (Å²) >= 11 is 0. The molecule has 2 aromatic rings. The number of hydrogen-bond acceptors (Lipinski definition) is 2. The summed E-state index contributed by atoms with van der Waals surface area (Å²) < 4.78 is 13.6. The molecule has 124 valence electrons. The second-order valence-corrected chi connectivity index (χ2v) is 6.98. The minimum atomic E-state index is -0.297. The Morgan fingerprint density at radius 1 is 1.29 bits per heavy atom. The standard InChI is InChI=1S/C20H21FN2O/c1-12-5-6-16(17(7-12)13-3-2-4-15(21)8-13)20(24)23-11-14-9-18(14)19(23)10-22/h2-8,14,18-19H,9-11,22H2,1H3. The second kappa shape index (κ2) is 5.71. The van der Waals surface area contributed by atoms with Gasteiger partial charge < -0.3 is 10.6 Å². The van der Waals surface area contributed by atoms with Crippen LogP contribution in [0.1, 0.15) is 22.3 Å². The lowest BCUT2D eigenvalue weighted by atomic mass is 9.96. The van der Waals surface area contributed by atoms with E-state index in [0.29, 0.717) is 23.9 Å². The van der Waals surface area contributed by atoms with Gasteiger partial charge in [-0.2, -0.15) is 0 Å². The minimum Gasteiger partial charge on any atom is -0.334 e. The van der Waals surface area contributed by atoms with Gasteiger partial charge in [0, 0.05) is 24.7 Å².